The molecule has 2 aromatic rings. The van der Waals surface area contributed by atoms with Gasteiger partial charge in [-0.05, 0) is 24.3 Å². The van der Waals surface area contributed by atoms with Crippen molar-refractivity contribution in [3.63, 3.8) is 0 Å². The summed E-state index contributed by atoms with van der Waals surface area (Å²) >= 11 is 0. The van der Waals surface area contributed by atoms with Gasteiger partial charge < -0.3 is 5.11 Å². The first-order valence-corrected chi connectivity index (χ1v) is 5.56. The molecule has 1 N–H and O–H groups in total. The van der Waals surface area contributed by atoms with E-state index >= 15 is 0 Å². The van der Waals surface area contributed by atoms with Crippen molar-refractivity contribution in [3.8, 4) is 0 Å². The first-order valence-electron chi connectivity index (χ1n) is 5.56. The first-order chi connectivity index (χ1) is 9.25. The summed E-state index contributed by atoms with van der Waals surface area (Å²) in [5, 5.41) is 10.1. The zero-order chi connectivity index (χ0) is 15.0. The number of hydrogen-bond acceptors (Lipinski definition) is 1. The third-order valence-electron chi connectivity index (χ3n) is 2.90. The summed E-state index contributed by atoms with van der Waals surface area (Å²) in [6.07, 6.45) is -5.13. The van der Waals surface area contributed by atoms with Crippen LogP contribution in [0.4, 0.5) is 22.0 Å². The Labute approximate surface area is 111 Å². The van der Waals surface area contributed by atoms with Gasteiger partial charge in [0, 0.05) is 11.1 Å². The van der Waals surface area contributed by atoms with Gasteiger partial charge in [-0.25, -0.2) is 8.78 Å². The average Bonchev–Trinajstić information content (AvgIpc) is 2.36. The number of rotatable bonds is 2. The quantitative estimate of drug-likeness (QED) is 0.834. The molecule has 0 atom stereocenters. The molecule has 0 saturated heterocycles. The van der Waals surface area contributed by atoms with Crippen molar-refractivity contribution >= 4 is 0 Å². The molecule has 2 rings (SSSR count). The fourth-order valence-corrected chi connectivity index (χ4v) is 1.92. The second-order valence-electron chi connectivity index (χ2n) is 4.23. The predicted octanol–water partition coefficient (Wildman–Crippen LogP) is 3.76. The lowest BCUT2D eigenvalue weighted by atomic mass is 9.85. The van der Waals surface area contributed by atoms with Gasteiger partial charge in [0.1, 0.15) is 11.6 Å². The molecule has 0 fully saturated rings. The van der Waals surface area contributed by atoms with Crippen LogP contribution < -0.4 is 0 Å². The van der Waals surface area contributed by atoms with Crippen LogP contribution >= 0.6 is 0 Å². The van der Waals surface area contributed by atoms with E-state index in [1.54, 1.807) is 0 Å². The molecule has 0 bridgehead atoms. The maximum atomic E-state index is 13.2. The Bertz CT molecular complexity index is 575. The number of aliphatic hydroxyl groups is 1. The largest absolute Gasteiger partial charge is 0.425 e. The molecule has 0 heterocycles. The highest BCUT2D eigenvalue weighted by molar-refractivity contribution is 5.38. The summed E-state index contributed by atoms with van der Waals surface area (Å²) in [6, 6.07) is 6.98. The van der Waals surface area contributed by atoms with E-state index in [2.05, 4.69) is 0 Å². The van der Waals surface area contributed by atoms with E-state index in [1.807, 2.05) is 0 Å². The van der Waals surface area contributed by atoms with Crippen LogP contribution in [0.5, 0.6) is 0 Å². The molecule has 0 aliphatic carbocycles. The number of halogens is 5. The second-order valence-corrected chi connectivity index (χ2v) is 4.23. The lowest BCUT2D eigenvalue weighted by Gasteiger charge is -2.31. The highest BCUT2D eigenvalue weighted by Crippen LogP contribution is 2.44. The molecular formula is C14H9F5O. The Morgan fingerprint density at radius 3 is 1.45 bits per heavy atom. The smallest absolute Gasteiger partial charge is 0.372 e. The standard InChI is InChI=1S/C14H9F5O/c15-11-5-1-3-9(7-11)13(20,14(17,18)19)10-4-2-6-12(16)8-10/h1-8,20H. The van der Waals surface area contributed by atoms with E-state index in [4.69, 9.17) is 0 Å². The third-order valence-corrected chi connectivity index (χ3v) is 2.90. The fraction of sp³-hybridized carbons (Fsp3) is 0.143. The van der Waals surface area contributed by atoms with Gasteiger partial charge in [-0.3, -0.25) is 0 Å². The monoisotopic (exact) mass is 288 g/mol. The van der Waals surface area contributed by atoms with Crippen LogP contribution in [0.25, 0.3) is 0 Å². The van der Waals surface area contributed by atoms with Gasteiger partial charge >= 0.3 is 6.18 Å². The molecule has 20 heavy (non-hydrogen) atoms. The Kier molecular flexibility index (Phi) is 3.52. The van der Waals surface area contributed by atoms with Crippen LogP contribution in [-0.4, -0.2) is 11.3 Å². The lowest BCUT2D eigenvalue weighted by Crippen LogP contribution is -2.43. The minimum absolute atomic E-state index is 0.568. The predicted molar refractivity (Wildman–Crippen MR) is 61.9 cm³/mol. The molecule has 0 saturated carbocycles. The van der Waals surface area contributed by atoms with Crippen LogP contribution in [0.1, 0.15) is 11.1 Å². The van der Waals surface area contributed by atoms with E-state index in [-0.39, 0.29) is 0 Å². The van der Waals surface area contributed by atoms with Gasteiger partial charge in [0.15, 0.2) is 0 Å². The second kappa shape index (κ2) is 4.86. The average molecular weight is 288 g/mol. The Morgan fingerprint density at radius 2 is 1.15 bits per heavy atom. The van der Waals surface area contributed by atoms with Crippen LogP contribution in [0.3, 0.4) is 0 Å². The minimum atomic E-state index is -5.13. The zero-order valence-corrected chi connectivity index (χ0v) is 9.96. The molecule has 0 spiro atoms. The topological polar surface area (TPSA) is 20.2 Å². The van der Waals surface area contributed by atoms with Crippen molar-refractivity contribution in [2.75, 3.05) is 0 Å². The van der Waals surface area contributed by atoms with Crippen molar-refractivity contribution in [1.82, 2.24) is 0 Å². The lowest BCUT2D eigenvalue weighted by molar-refractivity contribution is -0.248. The Hall–Kier alpha value is -1.95. The normalized spacial score (nSPS) is 12.5. The third kappa shape index (κ3) is 2.38. The fourth-order valence-electron chi connectivity index (χ4n) is 1.92. The van der Waals surface area contributed by atoms with Crippen molar-refractivity contribution in [1.29, 1.82) is 0 Å². The molecule has 0 aromatic heterocycles. The van der Waals surface area contributed by atoms with Crippen LogP contribution in [0.2, 0.25) is 0 Å². The summed E-state index contributed by atoms with van der Waals surface area (Å²) < 4.78 is 66.0. The van der Waals surface area contributed by atoms with Gasteiger partial charge in [-0.2, -0.15) is 13.2 Å². The Morgan fingerprint density at radius 1 is 0.750 bits per heavy atom. The minimum Gasteiger partial charge on any atom is -0.372 e. The van der Waals surface area contributed by atoms with Gasteiger partial charge in [0.05, 0.1) is 0 Å². The molecule has 0 aliphatic heterocycles. The van der Waals surface area contributed by atoms with E-state index in [1.165, 1.54) is 0 Å². The molecular weight excluding hydrogens is 279 g/mol. The van der Waals surface area contributed by atoms with Gasteiger partial charge in [0.25, 0.3) is 0 Å². The molecule has 0 aliphatic rings. The summed E-state index contributed by atoms with van der Waals surface area (Å²) in [4.78, 5) is 0. The highest BCUT2D eigenvalue weighted by atomic mass is 19.4. The van der Waals surface area contributed by atoms with E-state index < -0.39 is 34.5 Å². The van der Waals surface area contributed by atoms with Gasteiger partial charge in [-0.15, -0.1) is 0 Å². The molecule has 6 heteroatoms. The molecule has 106 valence electrons. The SMILES string of the molecule is OC(c1cccc(F)c1)(c1cccc(F)c1)C(F)(F)F. The van der Waals surface area contributed by atoms with E-state index in [0.29, 0.717) is 12.1 Å². The van der Waals surface area contributed by atoms with E-state index in [0.717, 1.165) is 36.4 Å². The van der Waals surface area contributed by atoms with Crippen LogP contribution in [0.15, 0.2) is 48.5 Å². The van der Waals surface area contributed by atoms with Crippen molar-refractivity contribution in [2.24, 2.45) is 0 Å². The molecule has 2 aromatic carbocycles. The van der Waals surface area contributed by atoms with Crippen molar-refractivity contribution in [2.45, 2.75) is 11.8 Å². The van der Waals surface area contributed by atoms with Gasteiger partial charge in [0.2, 0.25) is 5.60 Å². The summed E-state index contributed by atoms with van der Waals surface area (Å²) in [6.45, 7) is 0. The zero-order valence-electron chi connectivity index (χ0n) is 9.96. The number of alkyl halides is 3. The number of hydrogen-bond donors (Lipinski definition) is 1. The summed E-state index contributed by atoms with van der Waals surface area (Å²) in [5.74, 6) is -1.86. The highest BCUT2D eigenvalue weighted by Gasteiger charge is 2.56. The van der Waals surface area contributed by atoms with E-state index in [9.17, 15) is 27.1 Å². The summed E-state index contributed by atoms with van der Waals surface area (Å²) in [7, 11) is 0. The molecule has 0 unspecified atom stereocenters. The van der Waals surface area contributed by atoms with Crippen LogP contribution in [0, 0.1) is 11.6 Å². The van der Waals surface area contributed by atoms with Crippen molar-refractivity contribution in [3.05, 3.63) is 71.3 Å². The van der Waals surface area contributed by atoms with Crippen LogP contribution in [-0.2, 0) is 5.60 Å². The maximum Gasteiger partial charge on any atom is 0.425 e. The summed E-state index contributed by atoms with van der Waals surface area (Å²) in [5.41, 5.74) is -4.90. The molecule has 0 radical (unpaired) electrons. The maximum absolute atomic E-state index is 13.2. The molecule has 1 nitrogen and oxygen atoms in total. The number of benzene rings is 2. The van der Waals surface area contributed by atoms with Crippen molar-refractivity contribution < 1.29 is 27.1 Å². The molecule has 0 amide bonds. The first kappa shape index (κ1) is 14.5. The van der Waals surface area contributed by atoms with Gasteiger partial charge in [-0.1, -0.05) is 24.3 Å². The Balaban J connectivity index is 2.69.